The lowest BCUT2D eigenvalue weighted by atomic mass is 10.1. The van der Waals surface area contributed by atoms with Crippen LogP contribution in [0.5, 0.6) is 0 Å². The Balaban J connectivity index is 1.75. The van der Waals surface area contributed by atoms with Crippen molar-refractivity contribution in [1.29, 1.82) is 0 Å². The quantitative estimate of drug-likeness (QED) is 0.504. The van der Waals surface area contributed by atoms with Crippen LogP contribution in [-0.4, -0.2) is 37.1 Å². The topological polar surface area (TPSA) is 154 Å². The first-order valence-corrected chi connectivity index (χ1v) is 9.70. The molecule has 31 heavy (non-hydrogen) atoms. The summed E-state index contributed by atoms with van der Waals surface area (Å²) in [6, 6.07) is 5.63. The van der Waals surface area contributed by atoms with E-state index in [1.807, 2.05) is 0 Å². The monoisotopic (exact) mass is 423 g/mol. The number of anilines is 1. The third-order valence-corrected chi connectivity index (χ3v) is 5.25. The molecule has 1 aliphatic rings. The third-order valence-electron chi connectivity index (χ3n) is 5.25. The van der Waals surface area contributed by atoms with Crippen LogP contribution in [0.2, 0.25) is 0 Å². The van der Waals surface area contributed by atoms with Gasteiger partial charge in [-0.2, -0.15) is 5.10 Å². The van der Waals surface area contributed by atoms with Crippen molar-refractivity contribution in [1.82, 2.24) is 24.6 Å². The molecule has 3 aromatic rings. The van der Waals surface area contributed by atoms with Gasteiger partial charge in [-0.25, -0.2) is 4.98 Å². The highest BCUT2D eigenvalue weighted by Crippen LogP contribution is 2.24. The van der Waals surface area contributed by atoms with E-state index in [0.717, 1.165) is 0 Å². The van der Waals surface area contributed by atoms with Crippen molar-refractivity contribution >= 4 is 34.3 Å². The van der Waals surface area contributed by atoms with Gasteiger partial charge >= 0.3 is 0 Å². The number of hydrogen-bond donors (Lipinski definition) is 3. The molecule has 11 heteroatoms. The predicted molar refractivity (Wildman–Crippen MR) is 111 cm³/mol. The SMILES string of the molecule is Cc1nc2c(NC(=O)c3cc(CN)nn3C)cccc2c(=O)n1C1CCC(=O)NC1=O. The van der Waals surface area contributed by atoms with Gasteiger partial charge in [0, 0.05) is 20.0 Å². The Hall–Kier alpha value is -3.86. The molecule has 0 bridgehead atoms. The second kappa shape index (κ2) is 7.76. The standard InChI is InChI=1S/C20H21N7O4/c1-10-22-17-12(20(31)27(10)14-6-7-16(28)24-18(14)29)4-3-5-13(17)23-19(30)15-8-11(9-21)25-26(15)2/h3-5,8,14H,6-7,9,21H2,1-2H3,(H,23,30)(H,24,28,29). The average Bonchev–Trinajstić information content (AvgIpc) is 3.11. The number of nitrogens with two attached hydrogens (primary N) is 1. The van der Waals surface area contributed by atoms with Gasteiger partial charge in [-0.15, -0.1) is 0 Å². The van der Waals surface area contributed by atoms with Gasteiger partial charge in [-0.05, 0) is 31.5 Å². The fourth-order valence-electron chi connectivity index (χ4n) is 3.75. The van der Waals surface area contributed by atoms with Crippen LogP contribution >= 0.6 is 0 Å². The van der Waals surface area contributed by atoms with Crippen LogP contribution in [0, 0.1) is 6.92 Å². The molecule has 0 saturated carbocycles. The lowest BCUT2D eigenvalue weighted by Gasteiger charge is -2.24. The predicted octanol–water partition coefficient (Wildman–Crippen LogP) is 0.127. The molecular weight excluding hydrogens is 402 g/mol. The Morgan fingerprint density at radius 3 is 2.77 bits per heavy atom. The largest absolute Gasteiger partial charge is 0.325 e. The summed E-state index contributed by atoms with van der Waals surface area (Å²) in [4.78, 5) is 54.2. The summed E-state index contributed by atoms with van der Waals surface area (Å²) in [6.07, 6.45) is 0.366. The van der Waals surface area contributed by atoms with E-state index in [4.69, 9.17) is 5.73 Å². The van der Waals surface area contributed by atoms with E-state index in [0.29, 0.717) is 28.4 Å². The minimum atomic E-state index is -0.815. The molecule has 1 unspecified atom stereocenters. The van der Waals surface area contributed by atoms with E-state index in [1.54, 1.807) is 38.2 Å². The van der Waals surface area contributed by atoms with Crippen LogP contribution in [0.3, 0.4) is 0 Å². The van der Waals surface area contributed by atoms with Gasteiger partial charge in [-0.3, -0.25) is 33.7 Å². The summed E-state index contributed by atoms with van der Waals surface area (Å²) in [7, 11) is 1.64. The molecule has 3 heterocycles. The van der Waals surface area contributed by atoms with Crippen molar-refractivity contribution in [3.8, 4) is 0 Å². The van der Waals surface area contributed by atoms with Crippen molar-refractivity contribution in [2.24, 2.45) is 12.8 Å². The number of nitrogens with one attached hydrogen (secondary N) is 2. The van der Waals surface area contributed by atoms with Crippen LogP contribution < -0.4 is 21.9 Å². The van der Waals surface area contributed by atoms with Gasteiger partial charge in [-0.1, -0.05) is 6.07 Å². The molecule has 4 rings (SSSR count). The zero-order valence-electron chi connectivity index (χ0n) is 17.0. The first kappa shape index (κ1) is 20.4. The van der Waals surface area contributed by atoms with E-state index < -0.39 is 23.4 Å². The second-order valence-corrected chi connectivity index (χ2v) is 7.31. The van der Waals surface area contributed by atoms with Crippen molar-refractivity contribution in [2.75, 3.05) is 5.32 Å². The molecule has 4 N–H and O–H groups in total. The van der Waals surface area contributed by atoms with E-state index in [9.17, 15) is 19.2 Å². The Morgan fingerprint density at radius 2 is 2.10 bits per heavy atom. The lowest BCUT2D eigenvalue weighted by Crippen LogP contribution is -2.45. The zero-order valence-corrected chi connectivity index (χ0v) is 17.0. The van der Waals surface area contributed by atoms with Gasteiger partial charge < -0.3 is 11.1 Å². The molecule has 0 radical (unpaired) electrons. The van der Waals surface area contributed by atoms with Gasteiger partial charge in [0.1, 0.15) is 23.1 Å². The highest BCUT2D eigenvalue weighted by molar-refractivity contribution is 6.07. The van der Waals surface area contributed by atoms with Crippen LogP contribution in [0.4, 0.5) is 5.69 Å². The molecule has 1 atom stereocenters. The highest BCUT2D eigenvalue weighted by Gasteiger charge is 2.30. The van der Waals surface area contributed by atoms with Crippen LogP contribution in [-0.2, 0) is 23.2 Å². The maximum Gasteiger partial charge on any atom is 0.273 e. The summed E-state index contributed by atoms with van der Waals surface area (Å²) in [6.45, 7) is 1.81. The number of carbonyl (C=O) groups is 3. The molecule has 1 fully saturated rings. The van der Waals surface area contributed by atoms with Crippen molar-refractivity contribution in [3.63, 3.8) is 0 Å². The third kappa shape index (κ3) is 3.59. The maximum absolute atomic E-state index is 13.2. The number of amides is 3. The number of nitrogens with zero attached hydrogens (tertiary/aromatic N) is 4. The molecule has 3 amide bonds. The molecule has 0 spiro atoms. The average molecular weight is 423 g/mol. The summed E-state index contributed by atoms with van der Waals surface area (Å²) in [5, 5.41) is 9.44. The fraction of sp³-hybridized carbons (Fsp3) is 0.300. The first-order chi connectivity index (χ1) is 14.8. The van der Waals surface area contributed by atoms with Crippen molar-refractivity contribution in [2.45, 2.75) is 32.4 Å². The number of fused-ring (bicyclic) bond motifs is 1. The van der Waals surface area contributed by atoms with Gasteiger partial charge in [0.15, 0.2) is 0 Å². The van der Waals surface area contributed by atoms with E-state index in [1.165, 1.54) is 9.25 Å². The van der Waals surface area contributed by atoms with Gasteiger partial charge in [0.2, 0.25) is 11.8 Å². The molecule has 0 aliphatic carbocycles. The summed E-state index contributed by atoms with van der Waals surface area (Å²) in [5.41, 5.74) is 6.72. The van der Waals surface area contributed by atoms with Crippen LogP contribution in [0.25, 0.3) is 10.9 Å². The number of para-hydroxylation sites is 1. The van der Waals surface area contributed by atoms with Crippen molar-refractivity contribution < 1.29 is 14.4 Å². The number of benzene rings is 1. The molecule has 160 valence electrons. The van der Waals surface area contributed by atoms with Gasteiger partial charge in [0.05, 0.1) is 16.8 Å². The minimum absolute atomic E-state index is 0.145. The summed E-state index contributed by atoms with van der Waals surface area (Å²) >= 11 is 0. The minimum Gasteiger partial charge on any atom is -0.325 e. The Kier molecular flexibility index (Phi) is 5.11. The molecule has 1 aromatic carbocycles. The number of hydrogen-bond acceptors (Lipinski definition) is 7. The first-order valence-electron chi connectivity index (χ1n) is 9.70. The zero-order chi connectivity index (χ0) is 22.3. The fourth-order valence-corrected chi connectivity index (χ4v) is 3.75. The Morgan fingerprint density at radius 1 is 1.32 bits per heavy atom. The van der Waals surface area contributed by atoms with E-state index in [2.05, 4.69) is 20.7 Å². The lowest BCUT2D eigenvalue weighted by molar-refractivity contribution is -0.135. The Bertz CT molecular complexity index is 1290. The van der Waals surface area contributed by atoms with Gasteiger partial charge in [0.25, 0.3) is 11.5 Å². The highest BCUT2D eigenvalue weighted by atomic mass is 16.2. The number of aromatic nitrogens is 4. The molecule has 11 nitrogen and oxygen atoms in total. The van der Waals surface area contributed by atoms with E-state index >= 15 is 0 Å². The number of aryl methyl sites for hydroxylation is 2. The Labute approximate surface area is 176 Å². The number of imide groups is 1. The second-order valence-electron chi connectivity index (χ2n) is 7.31. The summed E-state index contributed by atoms with van der Waals surface area (Å²) < 4.78 is 2.72. The summed E-state index contributed by atoms with van der Waals surface area (Å²) in [5.74, 6) is -1.01. The number of rotatable bonds is 4. The van der Waals surface area contributed by atoms with Crippen LogP contribution in [0.15, 0.2) is 29.1 Å². The van der Waals surface area contributed by atoms with Crippen LogP contribution in [0.1, 0.15) is 40.9 Å². The number of carbonyl (C=O) groups excluding carboxylic acids is 3. The molecule has 1 aliphatic heterocycles. The molecular formula is C20H21N7O4. The maximum atomic E-state index is 13.2. The van der Waals surface area contributed by atoms with Crippen molar-refractivity contribution in [3.05, 3.63) is 51.8 Å². The normalized spacial score (nSPS) is 16.4. The number of piperidine rings is 1. The molecule has 2 aromatic heterocycles. The van der Waals surface area contributed by atoms with E-state index in [-0.39, 0.29) is 30.7 Å². The smallest absolute Gasteiger partial charge is 0.273 e. The molecule has 1 saturated heterocycles.